The van der Waals surface area contributed by atoms with Gasteiger partial charge in [0.25, 0.3) is 15.8 Å². The summed E-state index contributed by atoms with van der Waals surface area (Å²) in [4.78, 5) is 11.7. The number of hydrogen-bond acceptors (Lipinski definition) is 4. The van der Waals surface area contributed by atoms with Gasteiger partial charge in [-0.2, -0.15) is 17.0 Å². The molecule has 7 nitrogen and oxygen atoms in total. The van der Waals surface area contributed by atoms with Crippen molar-refractivity contribution in [2.75, 3.05) is 26.2 Å². The highest BCUT2D eigenvalue weighted by Gasteiger charge is 2.41. The van der Waals surface area contributed by atoms with Gasteiger partial charge >= 0.3 is 0 Å². The quantitative estimate of drug-likeness (QED) is 0.786. The first-order valence-electron chi connectivity index (χ1n) is 7.47. The minimum atomic E-state index is -3.33. The number of rotatable bonds is 4. The molecule has 22 heavy (non-hydrogen) atoms. The average Bonchev–Trinajstić information content (AvgIpc) is 2.94. The zero-order chi connectivity index (χ0) is 15.9. The Bertz CT molecular complexity index is 716. The van der Waals surface area contributed by atoms with Gasteiger partial charge in [-0.15, -0.1) is 0 Å². The third-order valence-electron chi connectivity index (χ3n) is 4.31. The van der Waals surface area contributed by atoms with Crippen molar-refractivity contribution < 1.29 is 13.2 Å². The van der Waals surface area contributed by atoms with Crippen molar-refractivity contribution in [2.45, 2.75) is 25.9 Å². The Morgan fingerprint density at radius 3 is 2.36 bits per heavy atom. The molecule has 2 fully saturated rings. The molecule has 1 aromatic rings. The number of pyridine rings is 1. The van der Waals surface area contributed by atoms with E-state index in [4.69, 9.17) is 4.74 Å². The Morgan fingerprint density at radius 1 is 1.14 bits per heavy atom. The smallest absolute Gasteiger partial charge is 0.282 e. The van der Waals surface area contributed by atoms with Gasteiger partial charge in [0.05, 0.1) is 13.1 Å². The zero-order valence-corrected chi connectivity index (χ0v) is 13.7. The molecule has 0 radical (unpaired) electrons. The van der Waals surface area contributed by atoms with Crippen LogP contribution >= 0.6 is 0 Å². The van der Waals surface area contributed by atoms with Crippen molar-refractivity contribution in [3.63, 3.8) is 0 Å². The van der Waals surface area contributed by atoms with Gasteiger partial charge in [0.1, 0.15) is 11.9 Å². The van der Waals surface area contributed by atoms with Crippen LogP contribution < -0.4 is 10.3 Å². The van der Waals surface area contributed by atoms with Crippen LogP contribution in [0.1, 0.15) is 18.5 Å². The lowest BCUT2D eigenvalue weighted by atomic mass is 10.2. The molecule has 8 heteroatoms. The lowest BCUT2D eigenvalue weighted by molar-refractivity contribution is 0.0717. The van der Waals surface area contributed by atoms with Crippen molar-refractivity contribution in [1.82, 2.24) is 13.2 Å². The summed E-state index contributed by atoms with van der Waals surface area (Å²) in [5.41, 5.74) is 0.680. The van der Waals surface area contributed by atoms with Gasteiger partial charge < -0.3 is 9.30 Å². The first-order chi connectivity index (χ1) is 10.4. The molecule has 3 rings (SSSR count). The average molecular weight is 327 g/mol. The Morgan fingerprint density at radius 2 is 1.77 bits per heavy atom. The summed E-state index contributed by atoms with van der Waals surface area (Å²) in [6.07, 6.45) is 1.67. The summed E-state index contributed by atoms with van der Waals surface area (Å²) in [7, 11) is -1.63. The molecule has 0 unspecified atom stereocenters. The number of hydrogen-bond donors (Lipinski definition) is 0. The maximum Gasteiger partial charge on any atom is 0.282 e. The monoisotopic (exact) mass is 327 g/mol. The minimum Gasteiger partial charge on any atom is -0.487 e. The Balaban J connectivity index is 1.61. The number of nitrogens with zero attached hydrogens (tertiary/aromatic N) is 3. The predicted octanol–water partition coefficient (Wildman–Crippen LogP) is 0.0973. The molecule has 0 amide bonds. The van der Waals surface area contributed by atoms with E-state index < -0.39 is 10.2 Å². The number of aryl methyl sites for hydroxylation is 1. The van der Waals surface area contributed by atoms with Gasteiger partial charge in [0, 0.05) is 31.9 Å². The molecule has 0 aliphatic carbocycles. The number of ether oxygens (including phenoxy) is 1. The third kappa shape index (κ3) is 2.78. The fraction of sp³-hybridized carbons (Fsp3) is 0.643. The van der Waals surface area contributed by atoms with Gasteiger partial charge in [0.15, 0.2) is 0 Å². The van der Waals surface area contributed by atoms with E-state index in [9.17, 15) is 13.2 Å². The van der Waals surface area contributed by atoms with E-state index in [-0.39, 0.29) is 11.7 Å². The fourth-order valence-electron chi connectivity index (χ4n) is 2.74. The lowest BCUT2D eigenvalue weighted by Gasteiger charge is -2.39. The molecule has 2 aliphatic rings. The number of aromatic nitrogens is 1. The second-order valence-corrected chi connectivity index (χ2v) is 7.83. The van der Waals surface area contributed by atoms with E-state index in [1.54, 1.807) is 13.1 Å². The molecule has 0 atom stereocenters. The van der Waals surface area contributed by atoms with Crippen LogP contribution in [0.25, 0.3) is 0 Å². The second-order valence-electron chi connectivity index (χ2n) is 5.90. The standard InChI is InChI=1S/C14H21N3O4S/c1-11-7-12(8-14(18)15(11)2)21-13-9-17(10-13)22(19,20)16-5-3-4-6-16/h7-8,13H,3-6,9-10H2,1-2H3. The normalized spacial score (nSPS) is 21.0. The SMILES string of the molecule is Cc1cc(OC2CN(S(=O)(=O)N3CCCC3)C2)cc(=O)n1C. The van der Waals surface area contributed by atoms with Crippen LogP contribution in [-0.4, -0.2) is 53.9 Å². The largest absolute Gasteiger partial charge is 0.487 e. The summed E-state index contributed by atoms with van der Waals surface area (Å²) < 4.78 is 34.8. The lowest BCUT2D eigenvalue weighted by Crippen LogP contribution is -2.59. The highest BCUT2D eigenvalue weighted by molar-refractivity contribution is 7.86. The Kier molecular flexibility index (Phi) is 4.00. The first kappa shape index (κ1) is 15.5. The molecule has 0 bridgehead atoms. The molecule has 0 N–H and O–H groups in total. The van der Waals surface area contributed by atoms with Crippen LogP contribution in [0.15, 0.2) is 16.9 Å². The van der Waals surface area contributed by atoms with Gasteiger partial charge in [0.2, 0.25) is 0 Å². The second kappa shape index (κ2) is 5.68. The van der Waals surface area contributed by atoms with E-state index in [0.29, 0.717) is 31.9 Å². The minimum absolute atomic E-state index is 0.129. The summed E-state index contributed by atoms with van der Waals surface area (Å²) in [5, 5.41) is 0. The Hall–Kier alpha value is -1.38. The van der Waals surface area contributed by atoms with Crippen LogP contribution in [0.4, 0.5) is 0 Å². The predicted molar refractivity (Wildman–Crippen MR) is 82.1 cm³/mol. The van der Waals surface area contributed by atoms with Crippen molar-refractivity contribution in [3.8, 4) is 5.75 Å². The molecule has 0 aromatic carbocycles. The molecule has 3 heterocycles. The Labute approximate surface area is 130 Å². The van der Waals surface area contributed by atoms with E-state index in [0.717, 1.165) is 18.5 Å². The summed E-state index contributed by atoms with van der Waals surface area (Å²) in [6.45, 7) is 3.73. The zero-order valence-electron chi connectivity index (χ0n) is 12.9. The first-order valence-corrected chi connectivity index (χ1v) is 8.87. The highest BCUT2D eigenvalue weighted by Crippen LogP contribution is 2.24. The van der Waals surface area contributed by atoms with E-state index in [1.165, 1.54) is 19.2 Å². The van der Waals surface area contributed by atoms with Gasteiger partial charge in [-0.05, 0) is 25.8 Å². The van der Waals surface area contributed by atoms with Crippen molar-refractivity contribution >= 4 is 10.2 Å². The van der Waals surface area contributed by atoms with Gasteiger partial charge in [-0.3, -0.25) is 4.79 Å². The summed E-state index contributed by atoms with van der Waals surface area (Å²) in [6, 6.07) is 3.23. The summed E-state index contributed by atoms with van der Waals surface area (Å²) in [5.74, 6) is 0.504. The van der Waals surface area contributed by atoms with Crippen LogP contribution in [0.5, 0.6) is 5.75 Å². The topological polar surface area (TPSA) is 71.8 Å². The molecular formula is C14H21N3O4S. The molecule has 0 saturated carbocycles. The van der Waals surface area contributed by atoms with Crippen molar-refractivity contribution in [1.29, 1.82) is 0 Å². The maximum atomic E-state index is 12.3. The maximum absolute atomic E-state index is 12.3. The molecule has 1 aromatic heterocycles. The van der Waals surface area contributed by atoms with E-state index in [2.05, 4.69) is 0 Å². The fourth-order valence-corrected chi connectivity index (χ4v) is 4.50. The van der Waals surface area contributed by atoms with E-state index >= 15 is 0 Å². The van der Waals surface area contributed by atoms with Crippen molar-refractivity contribution in [3.05, 3.63) is 28.2 Å². The third-order valence-corrected chi connectivity index (χ3v) is 6.28. The van der Waals surface area contributed by atoms with Crippen LogP contribution in [0.2, 0.25) is 0 Å². The van der Waals surface area contributed by atoms with Gasteiger partial charge in [-0.25, -0.2) is 0 Å². The van der Waals surface area contributed by atoms with Crippen LogP contribution in [0.3, 0.4) is 0 Å². The molecule has 0 spiro atoms. The van der Waals surface area contributed by atoms with Crippen LogP contribution in [0, 0.1) is 6.92 Å². The van der Waals surface area contributed by atoms with E-state index in [1.807, 2.05) is 6.92 Å². The molecule has 122 valence electrons. The molecule has 2 saturated heterocycles. The van der Waals surface area contributed by atoms with Gasteiger partial charge in [-0.1, -0.05) is 0 Å². The summed E-state index contributed by atoms with van der Waals surface area (Å²) >= 11 is 0. The molecule has 2 aliphatic heterocycles. The van der Waals surface area contributed by atoms with Crippen molar-refractivity contribution in [2.24, 2.45) is 7.05 Å². The molecular weight excluding hydrogens is 306 g/mol. The van der Waals surface area contributed by atoms with Crippen LogP contribution in [-0.2, 0) is 17.3 Å². The highest BCUT2D eigenvalue weighted by atomic mass is 32.2.